The minimum atomic E-state index is -0.668. The minimum Gasteiger partial charge on any atom is -0.387 e. The van der Waals surface area contributed by atoms with E-state index in [-0.39, 0.29) is 0 Å². The Hall–Kier alpha value is -0.260. The highest BCUT2D eigenvalue weighted by Gasteiger charge is 2.19. The Morgan fingerprint density at radius 1 is 1.71 bits per heavy atom. The average molecular weight is 232 g/mol. The van der Waals surface area contributed by atoms with Gasteiger partial charge in [-0.25, -0.2) is 4.98 Å². The Bertz CT molecular complexity index is 286. The maximum absolute atomic E-state index is 9.88. The lowest BCUT2D eigenvalue weighted by molar-refractivity contribution is 0.0997. The van der Waals surface area contributed by atoms with Crippen molar-refractivity contribution in [3.8, 4) is 0 Å². The highest BCUT2D eigenvalue weighted by Crippen LogP contribution is 2.17. The van der Waals surface area contributed by atoms with Crippen molar-refractivity contribution in [1.82, 2.24) is 4.98 Å². The molecule has 0 radical (unpaired) electrons. The summed E-state index contributed by atoms with van der Waals surface area (Å²) in [6, 6.07) is 0. The van der Waals surface area contributed by atoms with Crippen molar-refractivity contribution in [3.63, 3.8) is 0 Å². The van der Waals surface area contributed by atoms with Crippen molar-refractivity contribution in [3.05, 3.63) is 11.1 Å². The lowest BCUT2D eigenvalue weighted by atomic mass is 10.1. The molecule has 2 N–H and O–H groups in total. The molecule has 0 spiro atoms. The van der Waals surface area contributed by atoms with Crippen LogP contribution in [0.15, 0.2) is 5.38 Å². The van der Waals surface area contributed by atoms with E-state index in [2.05, 4.69) is 10.3 Å². The summed E-state index contributed by atoms with van der Waals surface area (Å²) in [6.07, 6.45) is 1.99. The molecule has 0 aliphatic carbocycles. The molecule has 0 saturated heterocycles. The van der Waals surface area contributed by atoms with Crippen LogP contribution in [0.1, 0.15) is 12.6 Å². The number of anilines is 1. The van der Waals surface area contributed by atoms with Gasteiger partial charge in [0.2, 0.25) is 0 Å². The van der Waals surface area contributed by atoms with Gasteiger partial charge in [0.05, 0.1) is 11.3 Å². The summed E-state index contributed by atoms with van der Waals surface area (Å²) in [6.45, 7) is 4.33. The Balaban J connectivity index is 2.40. The number of aromatic nitrogens is 1. The van der Waals surface area contributed by atoms with Gasteiger partial charge in [0.25, 0.3) is 0 Å². The highest BCUT2D eigenvalue weighted by molar-refractivity contribution is 7.98. The van der Waals surface area contributed by atoms with E-state index < -0.39 is 5.60 Å². The normalized spacial score (nSPS) is 15.1. The molecule has 1 heterocycles. The monoisotopic (exact) mass is 232 g/mol. The van der Waals surface area contributed by atoms with Gasteiger partial charge in [0, 0.05) is 17.7 Å². The first-order valence-electron chi connectivity index (χ1n) is 4.41. The molecule has 0 saturated carbocycles. The van der Waals surface area contributed by atoms with Gasteiger partial charge in [0.15, 0.2) is 5.13 Å². The number of hydrogen-bond acceptors (Lipinski definition) is 5. The smallest absolute Gasteiger partial charge is 0.182 e. The maximum atomic E-state index is 9.88. The van der Waals surface area contributed by atoms with Gasteiger partial charge in [0.1, 0.15) is 0 Å². The molecule has 1 atom stereocenters. The van der Waals surface area contributed by atoms with Crippen molar-refractivity contribution in [2.24, 2.45) is 0 Å². The molecule has 0 bridgehead atoms. The van der Waals surface area contributed by atoms with E-state index in [1.54, 1.807) is 23.1 Å². The van der Waals surface area contributed by atoms with E-state index in [4.69, 9.17) is 0 Å². The lowest BCUT2D eigenvalue weighted by Gasteiger charge is -2.22. The van der Waals surface area contributed by atoms with Crippen molar-refractivity contribution in [1.29, 1.82) is 0 Å². The largest absolute Gasteiger partial charge is 0.387 e. The number of aryl methyl sites for hydroxylation is 1. The summed E-state index contributed by atoms with van der Waals surface area (Å²) in [5.74, 6) is 0.727. The van der Waals surface area contributed by atoms with E-state index in [0.717, 1.165) is 16.6 Å². The molecule has 1 aromatic heterocycles. The number of aliphatic hydroxyl groups is 1. The quantitative estimate of drug-likeness (QED) is 0.815. The van der Waals surface area contributed by atoms with Crippen LogP contribution in [0, 0.1) is 6.92 Å². The van der Waals surface area contributed by atoms with E-state index in [1.807, 2.05) is 25.5 Å². The third-order valence-electron chi connectivity index (χ3n) is 1.69. The van der Waals surface area contributed by atoms with E-state index in [0.29, 0.717) is 6.54 Å². The molecule has 1 unspecified atom stereocenters. The van der Waals surface area contributed by atoms with Crippen LogP contribution in [0.2, 0.25) is 0 Å². The van der Waals surface area contributed by atoms with Gasteiger partial charge in [-0.2, -0.15) is 11.8 Å². The average Bonchev–Trinajstić information content (AvgIpc) is 2.48. The zero-order valence-corrected chi connectivity index (χ0v) is 10.3. The van der Waals surface area contributed by atoms with E-state index in [9.17, 15) is 5.11 Å². The number of thiazole rings is 1. The standard InChI is InChI=1S/C9H16N2OS2/c1-7-4-14-8(11-7)10-5-9(2,12)6-13-3/h4,12H,5-6H2,1-3H3,(H,10,11). The summed E-state index contributed by atoms with van der Waals surface area (Å²) < 4.78 is 0. The van der Waals surface area contributed by atoms with Crippen molar-refractivity contribution in [2.45, 2.75) is 19.4 Å². The molecular formula is C9H16N2OS2. The predicted molar refractivity (Wildman–Crippen MR) is 64.3 cm³/mol. The van der Waals surface area contributed by atoms with Crippen LogP contribution < -0.4 is 5.32 Å². The summed E-state index contributed by atoms with van der Waals surface area (Å²) >= 11 is 3.21. The van der Waals surface area contributed by atoms with Crippen LogP contribution in [0.25, 0.3) is 0 Å². The number of hydrogen-bond donors (Lipinski definition) is 2. The second-order valence-electron chi connectivity index (χ2n) is 3.58. The fraction of sp³-hybridized carbons (Fsp3) is 0.667. The van der Waals surface area contributed by atoms with Crippen LogP contribution in [0.5, 0.6) is 0 Å². The van der Waals surface area contributed by atoms with E-state index >= 15 is 0 Å². The molecule has 0 aliphatic heterocycles. The van der Waals surface area contributed by atoms with Crippen LogP contribution in [0.4, 0.5) is 5.13 Å². The lowest BCUT2D eigenvalue weighted by Crippen LogP contribution is -2.36. The first-order chi connectivity index (χ1) is 6.53. The van der Waals surface area contributed by atoms with Crippen molar-refractivity contribution in [2.75, 3.05) is 23.9 Å². The first-order valence-corrected chi connectivity index (χ1v) is 6.68. The molecule has 0 fully saturated rings. The number of rotatable bonds is 5. The highest BCUT2D eigenvalue weighted by atomic mass is 32.2. The van der Waals surface area contributed by atoms with Gasteiger partial charge in [-0.05, 0) is 20.1 Å². The Morgan fingerprint density at radius 3 is 2.93 bits per heavy atom. The van der Waals surface area contributed by atoms with Crippen LogP contribution in [0.3, 0.4) is 0 Å². The molecule has 1 aromatic rings. The topological polar surface area (TPSA) is 45.1 Å². The zero-order chi connectivity index (χ0) is 10.6. The summed E-state index contributed by atoms with van der Waals surface area (Å²) in [7, 11) is 0. The molecule has 1 rings (SSSR count). The molecule has 14 heavy (non-hydrogen) atoms. The third-order valence-corrected chi connectivity index (χ3v) is 3.52. The summed E-state index contributed by atoms with van der Waals surface area (Å²) in [5, 5.41) is 15.9. The van der Waals surface area contributed by atoms with E-state index in [1.165, 1.54) is 0 Å². The summed E-state index contributed by atoms with van der Waals surface area (Å²) in [5.41, 5.74) is 0.348. The van der Waals surface area contributed by atoms with Gasteiger partial charge < -0.3 is 10.4 Å². The molecule has 80 valence electrons. The van der Waals surface area contributed by atoms with Crippen molar-refractivity contribution < 1.29 is 5.11 Å². The number of nitrogens with zero attached hydrogens (tertiary/aromatic N) is 1. The minimum absolute atomic E-state index is 0.542. The summed E-state index contributed by atoms with van der Waals surface area (Å²) in [4.78, 5) is 4.26. The predicted octanol–water partition coefficient (Wildman–Crippen LogP) is 1.98. The maximum Gasteiger partial charge on any atom is 0.182 e. The molecule has 5 heteroatoms. The molecule has 0 aliphatic rings. The van der Waals surface area contributed by atoms with Gasteiger partial charge in [-0.3, -0.25) is 0 Å². The molecule has 0 amide bonds. The fourth-order valence-corrected chi connectivity index (χ4v) is 2.47. The number of nitrogens with one attached hydrogen (secondary N) is 1. The van der Waals surface area contributed by atoms with Crippen LogP contribution in [-0.4, -0.2) is 34.2 Å². The zero-order valence-electron chi connectivity index (χ0n) is 8.70. The molecule has 0 aromatic carbocycles. The molecule has 3 nitrogen and oxygen atoms in total. The van der Waals surface area contributed by atoms with Crippen LogP contribution in [-0.2, 0) is 0 Å². The van der Waals surface area contributed by atoms with Crippen molar-refractivity contribution >= 4 is 28.2 Å². The third kappa shape index (κ3) is 3.86. The van der Waals surface area contributed by atoms with Crippen LogP contribution >= 0.6 is 23.1 Å². The SMILES string of the molecule is CSCC(C)(O)CNc1nc(C)cs1. The Labute approximate surface area is 92.9 Å². The van der Waals surface area contributed by atoms with Gasteiger partial charge >= 0.3 is 0 Å². The fourth-order valence-electron chi connectivity index (χ4n) is 1.06. The Morgan fingerprint density at radius 2 is 2.43 bits per heavy atom. The Kier molecular flexibility index (Phi) is 4.22. The van der Waals surface area contributed by atoms with Gasteiger partial charge in [-0.1, -0.05) is 0 Å². The van der Waals surface area contributed by atoms with Gasteiger partial charge in [-0.15, -0.1) is 11.3 Å². The molecular weight excluding hydrogens is 216 g/mol. The second-order valence-corrected chi connectivity index (χ2v) is 5.30. The second kappa shape index (κ2) is 5.00. The number of thioether (sulfide) groups is 1. The first kappa shape index (κ1) is 11.8.